The number of fused-ring (bicyclic) bond motifs is 1. The predicted molar refractivity (Wildman–Crippen MR) is 84.5 cm³/mol. The summed E-state index contributed by atoms with van der Waals surface area (Å²) >= 11 is 1.79. The minimum atomic E-state index is -0.468. The van der Waals surface area contributed by atoms with E-state index >= 15 is 0 Å². The van der Waals surface area contributed by atoms with Crippen LogP contribution >= 0.6 is 11.8 Å². The summed E-state index contributed by atoms with van der Waals surface area (Å²) in [5.41, 5.74) is 0.546. The van der Waals surface area contributed by atoms with E-state index in [0.717, 1.165) is 35.7 Å². The van der Waals surface area contributed by atoms with Crippen molar-refractivity contribution < 1.29 is 14.3 Å². The Kier molecular flexibility index (Phi) is 3.11. The molecule has 4 rings (SSSR count). The van der Waals surface area contributed by atoms with Gasteiger partial charge in [-0.05, 0) is 30.5 Å². The second-order valence-corrected chi connectivity index (χ2v) is 7.13. The number of amides is 1. The summed E-state index contributed by atoms with van der Waals surface area (Å²) in [6, 6.07) is 7.77. The molecule has 0 spiro atoms. The first-order valence-electron chi connectivity index (χ1n) is 7.47. The second-order valence-electron chi connectivity index (χ2n) is 6.05. The van der Waals surface area contributed by atoms with Crippen molar-refractivity contribution in [3.8, 4) is 5.75 Å². The number of amidine groups is 1. The molecule has 0 aromatic heterocycles. The molecule has 1 aromatic carbocycles. The van der Waals surface area contributed by atoms with Gasteiger partial charge in [0.25, 0.3) is 6.02 Å². The zero-order valence-corrected chi connectivity index (χ0v) is 13.2. The minimum Gasteiger partial charge on any atom is -0.497 e. The van der Waals surface area contributed by atoms with Crippen LogP contribution in [0.25, 0.3) is 0 Å². The number of carbonyl (C=O) groups is 1. The van der Waals surface area contributed by atoms with E-state index in [9.17, 15) is 4.79 Å². The summed E-state index contributed by atoms with van der Waals surface area (Å²) in [7, 11) is 1.63. The molecule has 0 radical (unpaired) electrons. The van der Waals surface area contributed by atoms with E-state index in [-0.39, 0.29) is 24.1 Å². The fourth-order valence-corrected chi connectivity index (χ4v) is 4.63. The maximum Gasteiger partial charge on any atom is 0.292 e. The number of carbonyl (C=O) groups excluding carboxylic acids is 1. The molecule has 1 aliphatic carbocycles. The van der Waals surface area contributed by atoms with Gasteiger partial charge in [0, 0.05) is 11.5 Å². The quantitative estimate of drug-likeness (QED) is 0.926. The van der Waals surface area contributed by atoms with Crippen molar-refractivity contribution in [1.29, 1.82) is 5.41 Å². The molecule has 2 saturated heterocycles. The highest BCUT2D eigenvalue weighted by molar-refractivity contribution is 7.99. The Balaban J connectivity index is 1.62. The van der Waals surface area contributed by atoms with Gasteiger partial charge in [0.2, 0.25) is 5.91 Å². The fraction of sp³-hybridized carbons (Fsp3) is 0.500. The molecule has 0 unspecified atom stereocenters. The van der Waals surface area contributed by atoms with Crippen LogP contribution in [0.15, 0.2) is 24.3 Å². The van der Waals surface area contributed by atoms with Crippen LogP contribution in [-0.4, -0.2) is 47.6 Å². The number of thioether (sulfide) groups is 1. The number of hydrogen-bond acceptors (Lipinski definition) is 5. The Labute approximate surface area is 133 Å². The van der Waals surface area contributed by atoms with Crippen LogP contribution in [0.5, 0.6) is 5.75 Å². The van der Waals surface area contributed by atoms with Gasteiger partial charge in [0.1, 0.15) is 11.9 Å². The average Bonchev–Trinajstić information content (AvgIpc) is 3.13. The third-order valence-corrected chi connectivity index (χ3v) is 5.98. The summed E-state index contributed by atoms with van der Waals surface area (Å²) in [6.07, 6.45) is 1.67. The van der Waals surface area contributed by atoms with E-state index in [2.05, 4.69) is 0 Å². The van der Waals surface area contributed by atoms with E-state index in [1.807, 2.05) is 24.3 Å². The lowest BCUT2D eigenvalue weighted by Gasteiger charge is -2.25. The zero-order valence-electron chi connectivity index (χ0n) is 12.4. The molecule has 5 nitrogen and oxygen atoms in total. The third kappa shape index (κ3) is 1.93. The van der Waals surface area contributed by atoms with Crippen LogP contribution in [0.3, 0.4) is 0 Å². The molecule has 0 bridgehead atoms. The van der Waals surface area contributed by atoms with Crippen molar-refractivity contribution in [1.82, 2.24) is 4.90 Å². The molecule has 1 N–H and O–H groups in total. The lowest BCUT2D eigenvalue weighted by atomic mass is 9.93. The van der Waals surface area contributed by atoms with Crippen molar-refractivity contribution in [2.24, 2.45) is 0 Å². The molecule has 2 heterocycles. The number of nitrogens with one attached hydrogen (secondary N) is 1. The highest BCUT2D eigenvalue weighted by Crippen LogP contribution is 2.51. The molecule has 2 aliphatic heterocycles. The highest BCUT2D eigenvalue weighted by atomic mass is 32.2. The van der Waals surface area contributed by atoms with Crippen LogP contribution in [0, 0.1) is 5.41 Å². The van der Waals surface area contributed by atoms with Gasteiger partial charge in [-0.25, -0.2) is 0 Å². The van der Waals surface area contributed by atoms with Crippen LogP contribution in [0.4, 0.5) is 0 Å². The van der Waals surface area contributed by atoms with E-state index < -0.39 is 5.41 Å². The Morgan fingerprint density at radius 3 is 2.73 bits per heavy atom. The second kappa shape index (κ2) is 4.91. The molecule has 1 aromatic rings. The first kappa shape index (κ1) is 13.9. The smallest absolute Gasteiger partial charge is 0.292 e. The van der Waals surface area contributed by atoms with E-state index in [0.29, 0.717) is 0 Å². The molecule has 1 saturated carbocycles. The van der Waals surface area contributed by atoms with E-state index in [1.54, 1.807) is 23.8 Å². The number of ether oxygens (including phenoxy) is 2. The van der Waals surface area contributed by atoms with E-state index in [4.69, 9.17) is 14.9 Å². The molecule has 3 fully saturated rings. The van der Waals surface area contributed by atoms with Crippen LogP contribution in [-0.2, 0) is 14.9 Å². The van der Waals surface area contributed by atoms with Gasteiger partial charge in [-0.1, -0.05) is 12.1 Å². The first-order chi connectivity index (χ1) is 10.7. The molecule has 6 heteroatoms. The number of nitrogens with zero attached hydrogens (tertiary/aromatic N) is 1. The van der Waals surface area contributed by atoms with Crippen molar-refractivity contribution >= 4 is 23.7 Å². The molecular formula is C16H18N2O3S. The standard InChI is InChI=1S/C16H18N2O3S/c1-20-11-4-2-10(3-5-11)16(6-7-16)14(19)18-12-8-22-9-13(12)21-15(18)17/h2-5,12-13,17H,6-9H2,1H3/t12-,13-/m0/s1. The Hall–Kier alpha value is -1.69. The normalized spacial score (nSPS) is 28.2. The van der Waals surface area contributed by atoms with Gasteiger partial charge in [0.05, 0.1) is 18.6 Å². The van der Waals surface area contributed by atoms with Crippen LogP contribution in [0.2, 0.25) is 0 Å². The lowest BCUT2D eigenvalue weighted by Crippen LogP contribution is -2.46. The average molecular weight is 318 g/mol. The van der Waals surface area contributed by atoms with Crippen molar-refractivity contribution in [2.45, 2.75) is 30.4 Å². The maximum atomic E-state index is 13.1. The van der Waals surface area contributed by atoms with Gasteiger partial charge in [-0.3, -0.25) is 15.1 Å². The largest absolute Gasteiger partial charge is 0.497 e. The van der Waals surface area contributed by atoms with Crippen molar-refractivity contribution in [2.75, 3.05) is 18.6 Å². The Bertz CT molecular complexity index is 627. The Morgan fingerprint density at radius 1 is 1.36 bits per heavy atom. The number of benzene rings is 1. The molecule has 3 aliphatic rings. The summed E-state index contributed by atoms with van der Waals surface area (Å²) in [5.74, 6) is 2.54. The lowest BCUT2D eigenvalue weighted by molar-refractivity contribution is -0.131. The van der Waals surface area contributed by atoms with Gasteiger partial charge >= 0.3 is 0 Å². The molecule has 22 heavy (non-hydrogen) atoms. The van der Waals surface area contributed by atoms with Gasteiger partial charge in [-0.2, -0.15) is 11.8 Å². The van der Waals surface area contributed by atoms with Crippen LogP contribution < -0.4 is 4.74 Å². The van der Waals surface area contributed by atoms with Gasteiger partial charge in [-0.15, -0.1) is 0 Å². The summed E-state index contributed by atoms with van der Waals surface area (Å²) < 4.78 is 10.7. The van der Waals surface area contributed by atoms with Crippen LogP contribution in [0.1, 0.15) is 18.4 Å². The number of rotatable bonds is 3. The third-order valence-electron chi connectivity index (χ3n) is 4.83. The molecule has 1 amide bonds. The monoisotopic (exact) mass is 318 g/mol. The van der Waals surface area contributed by atoms with Gasteiger partial charge in [0.15, 0.2) is 0 Å². The zero-order chi connectivity index (χ0) is 15.3. The maximum absolute atomic E-state index is 13.1. The SMILES string of the molecule is COc1ccc(C2(C(=O)N3C(=N)O[C@H]4CSC[C@@H]43)CC2)cc1. The van der Waals surface area contributed by atoms with Gasteiger partial charge < -0.3 is 9.47 Å². The highest BCUT2D eigenvalue weighted by Gasteiger charge is 2.58. The Morgan fingerprint density at radius 2 is 2.09 bits per heavy atom. The number of methoxy groups -OCH3 is 1. The van der Waals surface area contributed by atoms with Crippen molar-refractivity contribution in [3.63, 3.8) is 0 Å². The minimum absolute atomic E-state index is 0.00637. The molecule has 2 atom stereocenters. The van der Waals surface area contributed by atoms with Crippen molar-refractivity contribution in [3.05, 3.63) is 29.8 Å². The predicted octanol–water partition coefficient (Wildman–Crippen LogP) is 2.00. The summed E-state index contributed by atoms with van der Waals surface area (Å²) in [4.78, 5) is 14.7. The molecule has 116 valence electrons. The first-order valence-corrected chi connectivity index (χ1v) is 8.62. The summed E-state index contributed by atoms with van der Waals surface area (Å²) in [5, 5.41) is 8.02. The fourth-order valence-electron chi connectivity index (χ4n) is 3.36. The topological polar surface area (TPSA) is 62.6 Å². The van der Waals surface area contributed by atoms with E-state index in [1.165, 1.54) is 0 Å². The number of hydrogen-bond donors (Lipinski definition) is 1. The molecular weight excluding hydrogens is 300 g/mol. The summed E-state index contributed by atoms with van der Waals surface area (Å²) in [6.45, 7) is 0.